The van der Waals surface area contributed by atoms with E-state index in [2.05, 4.69) is 48.0 Å². The van der Waals surface area contributed by atoms with Crippen molar-refractivity contribution in [2.24, 2.45) is 5.92 Å². The Morgan fingerprint density at radius 3 is 3.00 bits per heavy atom. The predicted octanol–water partition coefficient (Wildman–Crippen LogP) is 4.28. The van der Waals surface area contributed by atoms with Gasteiger partial charge in [-0.2, -0.15) is 0 Å². The Kier molecular flexibility index (Phi) is 4.60. The minimum absolute atomic E-state index is 0.131. The number of nitrogens with zero attached hydrogens (tertiary/aromatic N) is 1. The molecule has 1 unspecified atom stereocenters. The normalized spacial score (nSPS) is 23.4. The van der Waals surface area contributed by atoms with Gasteiger partial charge in [0.1, 0.15) is 0 Å². The zero-order valence-corrected chi connectivity index (χ0v) is 15.0. The Labute approximate surface area is 141 Å². The summed E-state index contributed by atoms with van der Waals surface area (Å²) in [5.74, 6) is 0.814. The maximum Gasteiger partial charge on any atom is 0.226 e. The number of anilines is 1. The fraction of sp³-hybridized carbons (Fsp3) is 0.611. The third kappa shape index (κ3) is 3.23. The smallest absolute Gasteiger partial charge is 0.226 e. The van der Waals surface area contributed by atoms with E-state index in [0.717, 1.165) is 49.2 Å². The van der Waals surface area contributed by atoms with Crippen LogP contribution in [0.25, 0.3) is 0 Å². The maximum atomic E-state index is 12.7. The minimum Gasteiger partial charge on any atom is -0.381 e. The lowest BCUT2D eigenvalue weighted by Gasteiger charge is -2.39. The summed E-state index contributed by atoms with van der Waals surface area (Å²) in [4.78, 5) is 14.7. The molecule has 0 aromatic heterocycles. The molecule has 0 radical (unpaired) electrons. The van der Waals surface area contributed by atoms with Crippen LogP contribution in [0.1, 0.15) is 45.1 Å². The van der Waals surface area contributed by atoms with Gasteiger partial charge in [0.05, 0.1) is 0 Å². The molecular formula is C18H24BrNO2. The molecule has 1 fully saturated rings. The van der Waals surface area contributed by atoms with Gasteiger partial charge in [-0.05, 0) is 48.3 Å². The number of fused-ring (bicyclic) bond motifs is 1. The van der Waals surface area contributed by atoms with Gasteiger partial charge >= 0.3 is 0 Å². The van der Waals surface area contributed by atoms with Crippen LogP contribution in [-0.2, 0) is 14.9 Å². The Balaban J connectivity index is 1.76. The van der Waals surface area contributed by atoms with E-state index in [4.69, 9.17) is 4.74 Å². The number of hydrogen-bond acceptors (Lipinski definition) is 2. The molecule has 1 aromatic rings. The molecule has 0 bridgehead atoms. The topological polar surface area (TPSA) is 29.5 Å². The second-order valence-electron chi connectivity index (χ2n) is 7.11. The van der Waals surface area contributed by atoms with Crippen molar-refractivity contribution in [1.82, 2.24) is 0 Å². The summed E-state index contributed by atoms with van der Waals surface area (Å²) in [6.45, 7) is 7.01. The first-order valence-electron chi connectivity index (χ1n) is 8.15. The second kappa shape index (κ2) is 6.32. The molecule has 1 amide bonds. The highest BCUT2D eigenvalue weighted by Crippen LogP contribution is 2.41. The number of benzene rings is 1. The molecule has 0 spiro atoms. The second-order valence-corrected chi connectivity index (χ2v) is 8.02. The number of ether oxygens (including phenoxy) is 1. The number of rotatable bonds is 3. The highest BCUT2D eigenvalue weighted by atomic mass is 79.9. The summed E-state index contributed by atoms with van der Waals surface area (Å²) < 4.78 is 6.44. The van der Waals surface area contributed by atoms with Gasteiger partial charge in [0.2, 0.25) is 5.91 Å². The lowest BCUT2D eigenvalue weighted by molar-refractivity contribution is -0.119. The molecule has 120 valence electrons. The number of amides is 1. The van der Waals surface area contributed by atoms with E-state index >= 15 is 0 Å². The van der Waals surface area contributed by atoms with Gasteiger partial charge in [-0.25, -0.2) is 0 Å². The fourth-order valence-electron chi connectivity index (χ4n) is 3.48. The SMILES string of the molecule is CC1(C)CCN(C(=O)CCC2CCOC2)c2cc(Br)ccc21. The molecular weight excluding hydrogens is 342 g/mol. The largest absolute Gasteiger partial charge is 0.381 e. The van der Waals surface area contributed by atoms with E-state index in [9.17, 15) is 4.79 Å². The third-order valence-corrected chi connectivity index (χ3v) is 5.52. The van der Waals surface area contributed by atoms with Gasteiger partial charge in [0, 0.05) is 36.3 Å². The van der Waals surface area contributed by atoms with Crippen LogP contribution in [0.15, 0.2) is 22.7 Å². The van der Waals surface area contributed by atoms with Crippen LogP contribution in [0.3, 0.4) is 0 Å². The van der Waals surface area contributed by atoms with E-state index in [0.29, 0.717) is 12.3 Å². The average Bonchev–Trinajstić information content (AvgIpc) is 2.97. The van der Waals surface area contributed by atoms with Gasteiger partial charge in [-0.15, -0.1) is 0 Å². The third-order valence-electron chi connectivity index (χ3n) is 5.03. The molecule has 0 N–H and O–H groups in total. The van der Waals surface area contributed by atoms with Gasteiger partial charge in [0.15, 0.2) is 0 Å². The van der Waals surface area contributed by atoms with Crippen LogP contribution < -0.4 is 4.90 Å². The molecule has 1 aromatic carbocycles. The monoisotopic (exact) mass is 365 g/mol. The van der Waals surface area contributed by atoms with Gasteiger partial charge < -0.3 is 9.64 Å². The predicted molar refractivity (Wildman–Crippen MR) is 92.3 cm³/mol. The first kappa shape index (κ1) is 16.0. The molecule has 1 atom stereocenters. The summed E-state index contributed by atoms with van der Waals surface area (Å²) in [5.41, 5.74) is 2.49. The Morgan fingerprint density at radius 2 is 2.27 bits per heavy atom. The van der Waals surface area contributed by atoms with Crippen molar-refractivity contribution in [2.75, 3.05) is 24.7 Å². The molecule has 22 heavy (non-hydrogen) atoms. The Bertz CT molecular complexity index is 564. The van der Waals surface area contributed by atoms with E-state index in [1.54, 1.807) is 0 Å². The molecule has 0 saturated carbocycles. The fourth-order valence-corrected chi connectivity index (χ4v) is 3.83. The van der Waals surface area contributed by atoms with Crippen LogP contribution >= 0.6 is 15.9 Å². The first-order valence-corrected chi connectivity index (χ1v) is 8.95. The maximum absolute atomic E-state index is 12.7. The van der Waals surface area contributed by atoms with Crippen molar-refractivity contribution in [1.29, 1.82) is 0 Å². The molecule has 1 saturated heterocycles. The molecule has 2 aliphatic rings. The quantitative estimate of drug-likeness (QED) is 0.799. The van der Waals surface area contributed by atoms with Gasteiger partial charge in [-0.3, -0.25) is 4.79 Å². The molecule has 3 rings (SSSR count). The molecule has 4 heteroatoms. The summed E-state index contributed by atoms with van der Waals surface area (Å²) in [6.07, 6.45) is 3.69. The summed E-state index contributed by atoms with van der Waals surface area (Å²) in [5, 5.41) is 0. The molecule has 2 aliphatic heterocycles. The van der Waals surface area contributed by atoms with Crippen molar-refractivity contribution in [3.05, 3.63) is 28.2 Å². The van der Waals surface area contributed by atoms with Crippen molar-refractivity contribution in [2.45, 2.75) is 44.9 Å². The lowest BCUT2D eigenvalue weighted by atomic mass is 9.77. The highest BCUT2D eigenvalue weighted by Gasteiger charge is 2.33. The summed E-state index contributed by atoms with van der Waals surface area (Å²) in [7, 11) is 0. The highest BCUT2D eigenvalue weighted by molar-refractivity contribution is 9.10. The summed E-state index contributed by atoms with van der Waals surface area (Å²) >= 11 is 3.54. The number of halogens is 1. The summed E-state index contributed by atoms with van der Waals surface area (Å²) in [6, 6.07) is 6.32. The van der Waals surface area contributed by atoms with Crippen LogP contribution in [0, 0.1) is 5.92 Å². The van der Waals surface area contributed by atoms with Crippen molar-refractivity contribution in [3.8, 4) is 0 Å². The Hall–Kier alpha value is -0.870. The van der Waals surface area contributed by atoms with E-state index < -0.39 is 0 Å². The van der Waals surface area contributed by atoms with Crippen molar-refractivity contribution >= 4 is 27.5 Å². The average molecular weight is 366 g/mol. The zero-order valence-electron chi connectivity index (χ0n) is 13.4. The lowest BCUT2D eigenvalue weighted by Crippen LogP contribution is -2.41. The van der Waals surface area contributed by atoms with E-state index in [1.165, 1.54) is 5.56 Å². The van der Waals surface area contributed by atoms with Crippen LogP contribution in [0.4, 0.5) is 5.69 Å². The van der Waals surface area contributed by atoms with Crippen molar-refractivity contribution < 1.29 is 9.53 Å². The van der Waals surface area contributed by atoms with Gasteiger partial charge in [-0.1, -0.05) is 35.8 Å². The first-order chi connectivity index (χ1) is 10.5. The standard InChI is InChI=1S/C18H24BrNO2/c1-18(2)8-9-20(16-11-14(19)4-5-15(16)18)17(21)6-3-13-7-10-22-12-13/h4-5,11,13H,3,6-10,12H2,1-2H3. The van der Waals surface area contributed by atoms with E-state index in [-0.39, 0.29) is 11.3 Å². The Morgan fingerprint density at radius 1 is 1.45 bits per heavy atom. The molecule has 0 aliphatic carbocycles. The van der Waals surface area contributed by atoms with E-state index in [1.807, 2.05) is 4.90 Å². The van der Waals surface area contributed by atoms with Gasteiger partial charge in [0.25, 0.3) is 0 Å². The van der Waals surface area contributed by atoms with Crippen LogP contribution in [-0.4, -0.2) is 25.7 Å². The van der Waals surface area contributed by atoms with Crippen LogP contribution in [0.2, 0.25) is 0 Å². The minimum atomic E-state index is 0.131. The zero-order chi connectivity index (χ0) is 15.7. The van der Waals surface area contributed by atoms with Crippen molar-refractivity contribution in [3.63, 3.8) is 0 Å². The number of carbonyl (C=O) groups excluding carboxylic acids is 1. The molecule has 2 heterocycles. The van der Waals surface area contributed by atoms with Crippen LogP contribution in [0.5, 0.6) is 0 Å². The molecule has 3 nitrogen and oxygen atoms in total. The number of carbonyl (C=O) groups is 1. The number of hydrogen-bond donors (Lipinski definition) is 0.